The first-order valence-corrected chi connectivity index (χ1v) is 10.7. The molecule has 2 aliphatic rings. The van der Waals surface area contributed by atoms with E-state index in [0.29, 0.717) is 12.1 Å². The summed E-state index contributed by atoms with van der Waals surface area (Å²) in [6.07, 6.45) is 5.91. The molecule has 1 unspecified atom stereocenters. The predicted octanol–water partition coefficient (Wildman–Crippen LogP) is 3.64. The molecule has 2 aliphatic heterocycles. The third-order valence-electron chi connectivity index (χ3n) is 6.12. The molecule has 2 saturated heterocycles. The topological polar surface area (TPSA) is 53.3 Å². The maximum absolute atomic E-state index is 6.16. The number of nitrogens with zero attached hydrogens (tertiary/aromatic N) is 1. The van der Waals surface area contributed by atoms with Gasteiger partial charge >= 0.3 is 0 Å². The van der Waals surface area contributed by atoms with E-state index >= 15 is 0 Å². The molecule has 2 fully saturated rings. The Kier molecular flexibility index (Phi) is 6.25. The Bertz CT molecular complexity index is 409. The van der Waals surface area contributed by atoms with Crippen LogP contribution in [0.15, 0.2) is 0 Å². The van der Waals surface area contributed by atoms with Crippen molar-refractivity contribution in [3.05, 3.63) is 0 Å². The van der Waals surface area contributed by atoms with Crippen LogP contribution in [0.2, 0.25) is 0 Å². The van der Waals surface area contributed by atoms with Gasteiger partial charge in [0.2, 0.25) is 0 Å². The Morgan fingerprint density at radius 1 is 0.769 bits per heavy atom. The largest absolute Gasteiger partial charge is 0.328 e. The first-order chi connectivity index (χ1) is 11.6. The minimum absolute atomic E-state index is 0.178. The van der Waals surface area contributed by atoms with Gasteiger partial charge in [-0.3, -0.25) is 4.90 Å². The SMILES string of the molecule is CC(N)CCN(C1CC(C)(C)NC(C)(C)C1)C1CC(C)(C)NC(C)(C)C1. The molecule has 4 N–H and O–H groups in total. The van der Waals surface area contributed by atoms with Crippen LogP contribution in [0.3, 0.4) is 0 Å². The van der Waals surface area contributed by atoms with Crippen LogP contribution in [0.4, 0.5) is 0 Å². The highest BCUT2D eigenvalue weighted by molar-refractivity contribution is 5.05. The summed E-state index contributed by atoms with van der Waals surface area (Å²) >= 11 is 0. The molecule has 1 atom stereocenters. The normalized spacial score (nSPS) is 29.7. The summed E-state index contributed by atoms with van der Waals surface area (Å²) < 4.78 is 0. The van der Waals surface area contributed by atoms with Crippen LogP contribution in [0, 0.1) is 0 Å². The Morgan fingerprint density at radius 2 is 1.08 bits per heavy atom. The molecular weight excluding hydrogens is 320 g/mol. The van der Waals surface area contributed by atoms with Crippen molar-refractivity contribution in [1.82, 2.24) is 15.5 Å². The van der Waals surface area contributed by atoms with Crippen LogP contribution >= 0.6 is 0 Å². The van der Waals surface area contributed by atoms with Gasteiger partial charge in [-0.2, -0.15) is 0 Å². The second-order valence-corrected chi connectivity index (χ2v) is 11.9. The third kappa shape index (κ3) is 6.19. The molecule has 0 spiro atoms. The predicted molar refractivity (Wildman–Crippen MR) is 114 cm³/mol. The standard InChI is InChI=1S/C22H46N4/c1-16(23)10-11-26(17-12-19(2,3)24-20(4,5)13-17)18-14-21(6,7)25-22(8,9)15-18/h16-18,24-25H,10-15,23H2,1-9H3. The van der Waals surface area contributed by atoms with E-state index in [1.807, 2.05) is 0 Å². The van der Waals surface area contributed by atoms with Gasteiger partial charge in [-0.15, -0.1) is 0 Å². The molecule has 4 nitrogen and oxygen atoms in total. The van der Waals surface area contributed by atoms with E-state index in [9.17, 15) is 0 Å². The summed E-state index contributed by atoms with van der Waals surface area (Å²) in [6.45, 7) is 22.2. The van der Waals surface area contributed by atoms with Crippen molar-refractivity contribution in [2.75, 3.05) is 6.54 Å². The lowest BCUT2D eigenvalue weighted by Crippen LogP contribution is -2.67. The number of rotatable bonds is 5. The van der Waals surface area contributed by atoms with Crippen LogP contribution < -0.4 is 16.4 Å². The van der Waals surface area contributed by atoms with Crippen molar-refractivity contribution < 1.29 is 0 Å². The molecule has 0 bridgehead atoms. The van der Waals surface area contributed by atoms with Gasteiger partial charge in [0.25, 0.3) is 0 Å². The summed E-state index contributed by atoms with van der Waals surface area (Å²) in [5.74, 6) is 0. The van der Waals surface area contributed by atoms with Crippen molar-refractivity contribution in [3.63, 3.8) is 0 Å². The Balaban J connectivity index is 2.27. The Hall–Kier alpha value is -0.160. The highest BCUT2D eigenvalue weighted by atomic mass is 15.2. The zero-order valence-electron chi connectivity index (χ0n) is 19.0. The molecule has 0 aromatic carbocycles. The molecule has 4 heteroatoms. The van der Waals surface area contributed by atoms with Gasteiger partial charge in [-0.1, -0.05) is 0 Å². The second kappa shape index (κ2) is 7.35. The fourth-order valence-corrected chi connectivity index (χ4v) is 6.02. The maximum atomic E-state index is 6.16. The molecular formula is C22H46N4. The fourth-order valence-electron chi connectivity index (χ4n) is 6.02. The Labute approximate surface area is 163 Å². The number of nitrogens with one attached hydrogen (secondary N) is 2. The van der Waals surface area contributed by atoms with E-state index in [1.165, 1.54) is 25.7 Å². The van der Waals surface area contributed by atoms with Gasteiger partial charge in [-0.05, 0) is 94.4 Å². The second-order valence-electron chi connectivity index (χ2n) is 11.9. The zero-order valence-corrected chi connectivity index (χ0v) is 19.0. The number of hydrogen-bond donors (Lipinski definition) is 3. The lowest BCUT2D eigenvalue weighted by Gasteiger charge is -2.55. The van der Waals surface area contributed by atoms with Gasteiger partial charge in [0.1, 0.15) is 0 Å². The van der Waals surface area contributed by atoms with Crippen LogP contribution in [0.25, 0.3) is 0 Å². The van der Waals surface area contributed by atoms with E-state index in [4.69, 9.17) is 5.73 Å². The number of hydrogen-bond acceptors (Lipinski definition) is 4. The monoisotopic (exact) mass is 366 g/mol. The fraction of sp³-hybridized carbons (Fsp3) is 1.00. The van der Waals surface area contributed by atoms with Gasteiger partial charge in [0.05, 0.1) is 0 Å². The molecule has 0 radical (unpaired) electrons. The van der Waals surface area contributed by atoms with Crippen LogP contribution in [-0.4, -0.2) is 51.7 Å². The van der Waals surface area contributed by atoms with E-state index in [0.717, 1.165) is 13.0 Å². The lowest BCUT2D eigenvalue weighted by molar-refractivity contribution is -0.00326. The third-order valence-corrected chi connectivity index (χ3v) is 6.12. The zero-order chi connectivity index (χ0) is 20.0. The average Bonchev–Trinajstić information content (AvgIpc) is 2.30. The smallest absolute Gasteiger partial charge is 0.0145 e. The molecule has 0 saturated carbocycles. The highest BCUT2D eigenvalue weighted by Gasteiger charge is 2.45. The van der Waals surface area contributed by atoms with Gasteiger partial charge in [-0.25, -0.2) is 0 Å². The number of nitrogens with two attached hydrogens (primary N) is 1. The minimum atomic E-state index is 0.178. The van der Waals surface area contributed by atoms with E-state index in [1.54, 1.807) is 0 Å². The van der Waals surface area contributed by atoms with Gasteiger partial charge in [0, 0.05) is 46.8 Å². The molecule has 154 valence electrons. The van der Waals surface area contributed by atoms with Crippen molar-refractivity contribution in [2.45, 2.75) is 135 Å². The summed E-state index contributed by atoms with van der Waals surface area (Å²) in [4.78, 5) is 2.85. The van der Waals surface area contributed by atoms with Crippen molar-refractivity contribution >= 4 is 0 Å². The van der Waals surface area contributed by atoms with Crippen LogP contribution in [0.1, 0.15) is 94.4 Å². The van der Waals surface area contributed by atoms with E-state index in [2.05, 4.69) is 77.8 Å². The first-order valence-electron chi connectivity index (χ1n) is 10.7. The summed E-state index contributed by atoms with van der Waals surface area (Å²) in [7, 11) is 0. The highest BCUT2D eigenvalue weighted by Crippen LogP contribution is 2.37. The van der Waals surface area contributed by atoms with Crippen molar-refractivity contribution in [1.29, 1.82) is 0 Å². The quantitative estimate of drug-likeness (QED) is 0.695. The molecule has 2 rings (SSSR count). The van der Waals surface area contributed by atoms with E-state index < -0.39 is 0 Å². The van der Waals surface area contributed by atoms with E-state index in [-0.39, 0.29) is 28.2 Å². The van der Waals surface area contributed by atoms with Gasteiger partial charge < -0.3 is 16.4 Å². The maximum Gasteiger partial charge on any atom is 0.0145 e. The average molecular weight is 367 g/mol. The minimum Gasteiger partial charge on any atom is -0.328 e. The van der Waals surface area contributed by atoms with Crippen molar-refractivity contribution in [3.8, 4) is 0 Å². The summed E-state index contributed by atoms with van der Waals surface area (Å²) in [6, 6.07) is 1.51. The molecule has 2 heterocycles. The molecule has 0 aromatic heterocycles. The Morgan fingerprint density at radius 3 is 1.35 bits per heavy atom. The molecule has 26 heavy (non-hydrogen) atoms. The van der Waals surface area contributed by atoms with Crippen molar-refractivity contribution in [2.24, 2.45) is 5.73 Å². The lowest BCUT2D eigenvalue weighted by atomic mass is 9.75. The summed E-state index contributed by atoms with van der Waals surface area (Å²) in [5.41, 5.74) is 6.87. The van der Waals surface area contributed by atoms with Crippen LogP contribution in [0.5, 0.6) is 0 Å². The molecule has 0 amide bonds. The summed E-state index contributed by atoms with van der Waals surface area (Å²) in [5, 5.41) is 7.71. The van der Waals surface area contributed by atoms with Crippen LogP contribution in [-0.2, 0) is 0 Å². The number of piperidine rings is 2. The molecule has 0 aromatic rings. The first kappa shape index (κ1) is 22.1. The van der Waals surface area contributed by atoms with Gasteiger partial charge in [0.15, 0.2) is 0 Å². The molecule has 0 aliphatic carbocycles.